The smallest absolute Gasteiger partial charge is 0.253 e. The van der Waals surface area contributed by atoms with E-state index >= 15 is 0 Å². The Morgan fingerprint density at radius 1 is 1.33 bits per heavy atom. The maximum atomic E-state index is 12.1. The molecule has 0 radical (unpaired) electrons. The van der Waals surface area contributed by atoms with E-state index in [0.717, 1.165) is 20.1 Å². The number of aromatic nitrogens is 1. The largest absolute Gasteiger partial charge is 0.272 e. The van der Waals surface area contributed by atoms with Gasteiger partial charge in [-0.1, -0.05) is 47.6 Å². The lowest BCUT2D eigenvalue weighted by molar-refractivity contribution is -0.120. The Bertz CT molecular complexity index is 861. The number of amides is 1. The lowest BCUT2D eigenvalue weighted by Crippen LogP contribution is -2.26. The van der Waals surface area contributed by atoms with Gasteiger partial charge in [-0.05, 0) is 36.8 Å². The van der Waals surface area contributed by atoms with Crippen LogP contribution in [0, 0.1) is 0 Å². The van der Waals surface area contributed by atoms with Crippen LogP contribution in [-0.4, -0.2) is 22.4 Å². The Hall–Kier alpha value is -1.89. The van der Waals surface area contributed by atoms with Crippen LogP contribution in [0.5, 0.6) is 0 Å². The zero-order chi connectivity index (χ0) is 16.9. The second-order valence-corrected chi connectivity index (χ2v) is 8.05. The topological polar surface area (TPSA) is 54.4 Å². The number of carbonyl (C=O) groups excluding carboxylic acids is 1. The molecule has 1 heterocycles. The number of nitrogens with zero attached hydrogens (tertiary/aromatic N) is 2. The summed E-state index contributed by atoms with van der Waals surface area (Å²) in [6.07, 6.45) is 1.57. The summed E-state index contributed by atoms with van der Waals surface area (Å²) in [4.78, 5) is 16.6. The highest BCUT2D eigenvalue weighted by atomic mass is 35.5. The molecule has 0 aliphatic heterocycles. The van der Waals surface area contributed by atoms with E-state index in [4.69, 9.17) is 11.6 Å². The molecule has 1 N–H and O–H groups in total. The Balaban J connectivity index is 1.58. The fourth-order valence-electron chi connectivity index (χ4n) is 1.95. The van der Waals surface area contributed by atoms with E-state index < -0.39 is 0 Å². The molecule has 3 aromatic rings. The molecule has 0 bridgehead atoms. The normalized spacial score (nSPS) is 12.6. The van der Waals surface area contributed by atoms with Gasteiger partial charge in [-0.3, -0.25) is 4.79 Å². The van der Waals surface area contributed by atoms with E-state index in [1.54, 1.807) is 29.7 Å². The molecule has 1 unspecified atom stereocenters. The van der Waals surface area contributed by atoms with E-state index in [2.05, 4.69) is 15.5 Å². The molecule has 1 aromatic heterocycles. The van der Waals surface area contributed by atoms with Gasteiger partial charge < -0.3 is 0 Å². The van der Waals surface area contributed by atoms with Crippen molar-refractivity contribution < 1.29 is 4.79 Å². The molecule has 0 aliphatic carbocycles. The van der Waals surface area contributed by atoms with Crippen LogP contribution in [0.3, 0.4) is 0 Å². The maximum absolute atomic E-state index is 12.1. The molecule has 0 spiro atoms. The molecule has 0 aliphatic rings. The van der Waals surface area contributed by atoms with Crippen LogP contribution in [0.15, 0.2) is 58.0 Å². The first kappa shape index (κ1) is 17.0. The number of fused-ring (bicyclic) bond motifs is 1. The summed E-state index contributed by atoms with van der Waals surface area (Å²) in [5.41, 5.74) is 4.33. The molecule has 0 fully saturated rings. The number of rotatable bonds is 5. The molecular weight excluding hydrogens is 362 g/mol. The third-order valence-electron chi connectivity index (χ3n) is 3.16. The molecule has 0 saturated carbocycles. The quantitative estimate of drug-likeness (QED) is 0.403. The molecule has 1 atom stereocenters. The fourth-order valence-corrected chi connectivity index (χ4v) is 4.36. The van der Waals surface area contributed by atoms with Gasteiger partial charge in [-0.15, -0.1) is 11.3 Å². The Labute approximate surface area is 152 Å². The van der Waals surface area contributed by atoms with Crippen LogP contribution in [0.4, 0.5) is 0 Å². The molecule has 7 heteroatoms. The number of hydrazone groups is 1. The van der Waals surface area contributed by atoms with Crippen molar-refractivity contribution in [3.63, 3.8) is 0 Å². The zero-order valence-electron chi connectivity index (χ0n) is 12.8. The molecular formula is C17H14ClN3OS2. The fraction of sp³-hybridized carbons (Fsp3) is 0.118. The Kier molecular flexibility index (Phi) is 5.50. The molecule has 3 rings (SSSR count). The van der Waals surface area contributed by atoms with Crippen molar-refractivity contribution in [3.8, 4) is 0 Å². The number of benzene rings is 2. The second-order valence-electron chi connectivity index (χ2n) is 5.00. The number of carbonyl (C=O) groups is 1. The van der Waals surface area contributed by atoms with Crippen LogP contribution in [0.25, 0.3) is 10.2 Å². The van der Waals surface area contributed by atoms with Gasteiger partial charge in [0.15, 0.2) is 4.34 Å². The maximum Gasteiger partial charge on any atom is 0.253 e. The standard InChI is InChI=1S/C17H14ClN3OS2/c1-11(23-17-20-14-7-2-3-8-15(14)24-17)16(22)21-19-10-12-5-4-6-13(18)9-12/h2-11H,1H3,(H,21,22). The number of halogens is 1. The summed E-state index contributed by atoms with van der Waals surface area (Å²) in [6, 6.07) is 15.2. The Morgan fingerprint density at radius 2 is 2.17 bits per heavy atom. The predicted molar refractivity (Wildman–Crippen MR) is 102 cm³/mol. The summed E-state index contributed by atoms with van der Waals surface area (Å²) >= 11 is 8.91. The lowest BCUT2D eigenvalue weighted by Gasteiger charge is -2.06. The van der Waals surface area contributed by atoms with Crippen LogP contribution in [-0.2, 0) is 4.79 Å². The van der Waals surface area contributed by atoms with Gasteiger partial charge in [0.25, 0.3) is 5.91 Å². The molecule has 4 nitrogen and oxygen atoms in total. The average Bonchev–Trinajstić information content (AvgIpc) is 2.97. The summed E-state index contributed by atoms with van der Waals surface area (Å²) in [6.45, 7) is 1.83. The highest BCUT2D eigenvalue weighted by Crippen LogP contribution is 2.31. The first-order valence-corrected chi connectivity index (χ1v) is 9.30. The number of thiazole rings is 1. The van der Waals surface area contributed by atoms with Gasteiger partial charge in [0, 0.05) is 5.02 Å². The molecule has 24 heavy (non-hydrogen) atoms. The third kappa shape index (κ3) is 4.35. The summed E-state index contributed by atoms with van der Waals surface area (Å²) in [5, 5.41) is 4.31. The van der Waals surface area contributed by atoms with Crippen molar-refractivity contribution in [3.05, 3.63) is 59.1 Å². The minimum atomic E-state index is -0.290. The average molecular weight is 376 g/mol. The summed E-state index contributed by atoms with van der Waals surface area (Å²) in [5.74, 6) is -0.169. The van der Waals surface area contributed by atoms with Crippen molar-refractivity contribution in [2.24, 2.45) is 5.10 Å². The summed E-state index contributed by atoms with van der Waals surface area (Å²) < 4.78 is 1.99. The van der Waals surface area contributed by atoms with Gasteiger partial charge in [-0.2, -0.15) is 5.10 Å². The molecule has 0 saturated heterocycles. The number of thioether (sulfide) groups is 1. The van der Waals surface area contributed by atoms with Gasteiger partial charge in [0.1, 0.15) is 0 Å². The lowest BCUT2D eigenvalue weighted by atomic mass is 10.2. The van der Waals surface area contributed by atoms with Gasteiger partial charge in [0.05, 0.1) is 21.7 Å². The first-order chi connectivity index (χ1) is 11.6. The van der Waals surface area contributed by atoms with Gasteiger partial charge in [0.2, 0.25) is 0 Å². The van der Waals surface area contributed by atoms with Gasteiger partial charge >= 0.3 is 0 Å². The van der Waals surface area contributed by atoms with E-state index in [1.807, 2.05) is 43.3 Å². The van der Waals surface area contributed by atoms with Crippen molar-refractivity contribution in [2.45, 2.75) is 16.5 Å². The first-order valence-electron chi connectivity index (χ1n) is 7.22. The monoisotopic (exact) mass is 375 g/mol. The highest BCUT2D eigenvalue weighted by molar-refractivity contribution is 8.02. The number of nitrogens with one attached hydrogen (secondary N) is 1. The number of hydrogen-bond donors (Lipinski definition) is 1. The minimum Gasteiger partial charge on any atom is -0.272 e. The van der Waals surface area contributed by atoms with E-state index in [1.165, 1.54) is 11.8 Å². The van der Waals surface area contributed by atoms with Crippen LogP contribution in [0.1, 0.15) is 12.5 Å². The predicted octanol–water partition coefficient (Wildman–Crippen LogP) is 4.58. The summed E-state index contributed by atoms with van der Waals surface area (Å²) in [7, 11) is 0. The van der Waals surface area contributed by atoms with Crippen LogP contribution in [0.2, 0.25) is 5.02 Å². The third-order valence-corrected chi connectivity index (χ3v) is 5.62. The van der Waals surface area contributed by atoms with Crippen molar-refractivity contribution in [1.29, 1.82) is 0 Å². The SMILES string of the molecule is CC(Sc1nc2ccccc2s1)C(=O)NN=Cc1cccc(Cl)c1. The van der Waals surface area contributed by atoms with Crippen molar-refractivity contribution in [1.82, 2.24) is 10.4 Å². The molecule has 122 valence electrons. The minimum absolute atomic E-state index is 0.169. The van der Waals surface area contributed by atoms with Gasteiger partial charge in [-0.25, -0.2) is 10.4 Å². The van der Waals surface area contributed by atoms with Crippen LogP contribution < -0.4 is 5.43 Å². The molecule has 2 aromatic carbocycles. The second kappa shape index (κ2) is 7.79. The highest BCUT2D eigenvalue weighted by Gasteiger charge is 2.16. The number of hydrogen-bond acceptors (Lipinski definition) is 5. The van der Waals surface area contributed by atoms with E-state index in [-0.39, 0.29) is 11.2 Å². The Morgan fingerprint density at radius 3 is 2.96 bits per heavy atom. The zero-order valence-corrected chi connectivity index (χ0v) is 15.2. The van der Waals surface area contributed by atoms with E-state index in [0.29, 0.717) is 5.02 Å². The van der Waals surface area contributed by atoms with Crippen LogP contribution >= 0.6 is 34.7 Å². The number of para-hydroxylation sites is 1. The molecule has 1 amide bonds. The van der Waals surface area contributed by atoms with E-state index in [9.17, 15) is 4.79 Å². The van der Waals surface area contributed by atoms with Crippen molar-refractivity contribution in [2.75, 3.05) is 0 Å². The van der Waals surface area contributed by atoms with Crippen molar-refractivity contribution >= 4 is 57.0 Å².